The first kappa shape index (κ1) is 16.0. The van der Waals surface area contributed by atoms with Crippen molar-refractivity contribution in [2.75, 3.05) is 19.8 Å². The molecule has 26 heavy (non-hydrogen) atoms. The third-order valence-corrected chi connectivity index (χ3v) is 6.11. The highest BCUT2D eigenvalue weighted by Gasteiger charge is 2.55. The van der Waals surface area contributed by atoms with Crippen LogP contribution in [0.1, 0.15) is 24.8 Å². The second-order valence-corrected chi connectivity index (χ2v) is 7.50. The molecule has 6 heteroatoms. The summed E-state index contributed by atoms with van der Waals surface area (Å²) < 4.78 is 11.5. The molecular formula is C20H22N2O4. The van der Waals surface area contributed by atoms with Crippen molar-refractivity contribution >= 4 is 22.7 Å². The number of hydrogen-bond acceptors (Lipinski definition) is 4. The number of fused-ring (bicyclic) bond motifs is 2. The van der Waals surface area contributed by atoms with E-state index in [1.165, 1.54) is 4.90 Å². The minimum Gasteiger partial charge on any atom is -0.361 e. The van der Waals surface area contributed by atoms with Gasteiger partial charge in [0.2, 0.25) is 11.8 Å². The molecule has 0 radical (unpaired) electrons. The third-order valence-electron chi connectivity index (χ3n) is 6.11. The van der Waals surface area contributed by atoms with E-state index in [1.54, 1.807) is 0 Å². The molecule has 6 nitrogen and oxygen atoms in total. The number of H-pyrrole nitrogens is 1. The molecule has 2 saturated heterocycles. The molecule has 1 saturated carbocycles. The van der Waals surface area contributed by atoms with E-state index < -0.39 is 5.79 Å². The normalized spacial score (nSPS) is 27.6. The first-order valence-corrected chi connectivity index (χ1v) is 9.35. The molecule has 5 rings (SSSR count). The molecule has 3 aliphatic rings. The number of hydrogen-bond donors (Lipinski definition) is 1. The number of aromatic amines is 1. The van der Waals surface area contributed by atoms with E-state index in [-0.39, 0.29) is 23.7 Å². The molecule has 1 N–H and O–H groups in total. The van der Waals surface area contributed by atoms with Gasteiger partial charge < -0.3 is 14.5 Å². The van der Waals surface area contributed by atoms with E-state index in [2.05, 4.69) is 11.1 Å². The van der Waals surface area contributed by atoms with E-state index >= 15 is 0 Å². The lowest BCUT2D eigenvalue weighted by atomic mass is 9.77. The monoisotopic (exact) mass is 354 g/mol. The fourth-order valence-electron chi connectivity index (χ4n) is 4.77. The quantitative estimate of drug-likeness (QED) is 0.858. The van der Waals surface area contributed by atoms with Gasteiger partial charge in [-0.05, 0) is 24.5 Å². The number of nitrogens with one attached hydrogen (secondary N) is 1. The van der Waals surface area contributed by atoms with Crippen LogP contribution < -0.4 is 0 Å². The van der Waals surface area contributed by atoms with Crippen LogP contribution in [0.15, 0.2) is 30.5 Å². The Labute approximate surface area is 151 Å². The summed E-state index contributed by atoms with van der Waals surface area (Å²) in [6.45, 7) is 1.58. The standard InChI is InChI=1S/C20H22N2O4/c23-18-15-5-7-20(25-9-10-26-20)11-16(15)19(24)22(18)8-6-13-12-21-17-4-2-1-3-14(13)17/h1-4,12,15-16,21H,5-11H2/t15-,16-/m1/s1. The number of para-hydroxylation sites is 1. The number of carbonyl (C=O) groups excluding carboxylic acids is 2. The summed E-state index contributed by atoms with van der Waals surface area (Å²) in [5, 5.41) is 1.15. The molecule has 1 aliphatic carbocycles. The highest BCUT2D eigenvalue weighted by Crippen LogP contribution is 2.46. The summed E-state index contributed by atoms with van der Waals surface area (Å²) in [5.41, 5.74) is 2.21. The molecular weight excluding hydrogens is 332 g/mol. The van der Waals surface area contributed by atoms with Crippen LogP contribution in [-0.2, 0) is 25.5 Å². The Morgan fingerprint density at radius 3 is 2.73 bits per heavy atom. The summed E-state index contributed by atoms with van der Waals surface area (Å²) in [6, 6.07) is 8.08. The van der Waals surface area contributed by atoms with Crippen molar-refractivity contribution in [3.8, 4) is 0 Å². The number of rotatable bonds is 3. The van der Waals surface area contributed by atoms with Gasteiger partial charge in [0.25, 0.3) is 0 Å². The van der Waals surface area contributed by atoms with Crippen LogP contribution in [0.2, 0.25) is 0 Å². The summed E-state index contributed by atoms with van der Waals surface area (Å²) >= 11 is 0. The number of ether oxygens (including phenoxy) is 2. The van der Waals surface area contributed by atoms with Crippen LogP contribution in [-0.4, -0.2) is 47.2 Å². The maximum Gasteiger partial charge on any atom is 0.233 e. The van der Waals surface area contributed by atoms with Gasteiger partial charge in [0.1, 0.15) is 0 Å². The minimum atomic E-state index is -0.635. The topological polar surface area (TPSA) is 71.6 Å². The predicted octanol–water partition coefficient (Wildman–Crippen LogP) is 2.24. The SMILES string of the molecule is O=C1[C@@H]2CCC3(C[C@H]2C(=O)N1CCc1c[nH]c2ccccc12)OCCO3. The molecule has 2 amide bonds. The van der Waals surface area contributed by atoms with Crippen LogP contribution in [0.4, 0.5) is 0 Å². The summed E-state index contributed by atoms with van der Waals surface area (Å²) in [6.07, 6.45) is 4.51. The Morgan fingerprint density at radius 2 is 1.88 bits per heavy atom. The van der Waals surface area contributed by atoms with Crippen molar-refractivity contribution in [1.82, 2.24) is 9.88 Å². The van der Waals surface area contributed by atoms with E-state index in [9.17, 15) is 9.59 Å². The van der Waals surface area contributed by atoms with Crippen molar-refractivity contribution in [1.29, 1.82) is 0 Å². The lowest BCUT2D eigenvalue weighted by Gasteiger charge is -2.35. The van der Waals surface area contributed by atoms with Gasteiger partial charge in [-0.15, -0.1) is 0 Å². The van der Waals surface area contributed by atoms with Gasteiger partial charge in [-0.2, -0.15) is 0 Å². The van der Waals surface area contributed by atoms with Gasteiger partial charge >= 0.3 is 0 Å². The average molecular weight is 354 g/mol. The fraction of sp³-hybridized carbons (Fsp3) is 0.500. The molecule has 1 spiro atoms. The predicted molar refractivity (Wildman–Crippen MR) is 94.2 cm³/mol. The average Bonchev–Trinajstić information content (AvgIpc) is 3.34. The molecule has 0 bridgehead atoms. The molecule has 3 fully saturated rings. The van der Waals surface area contributed by atoms with Crippen molar-refractivity contribution in [3.05, 3.63) is 36.0 Å². The van der Waals surface area contributed by atoms with Gasteiger partial charge in [0.15, 0.2) is 5.79 Å². The number of benzene rings is 1. The van der Waals surface area contributed by atoms with E-state index in [0.29, 0.717) is 45.4 Å². The first-order chi connectivity index (χ1) is 12.7. The van der Waals surface area contributed by atoms with E-state index in [0.717, 1.165) is 16.5 Å². The minimum absolute atomic E-state index is 0.0207. The number of amides is 2. The number of carbonyl (C=O) groups is 2. The third kappa shape index (κ3) is 2.40. The Bertz CT molecular complexity index is 868. The van der Waals surface area contributed by atoms with Crippen molar-refractivity contribution < 1.29 is 19.1 Å². The second kappa shape index (κ2) is 5.93. The zero-order valence-corrected chi connectivity index (χ0v) is 14.6. The fourth-order valence-corrected chi connectivity index (χ4v) is 4.77. The Hall–Kier alpha value is -2.18. The first-order valence-electron chi connectivity index (χ1n) is 9.35. The maximum absolute atomic E-state index is 12.9. The molecule has 1 aromatic heterocycles. The Kier molecular flexibility index (Phi) is 3.65. The highest BCUT2D eigenvalue weighted by atomic mass is 16.7. The molecule has 3 heterocycles. The van der Waals surface area contributed by atoms with Crippen LogP contribution in [0, 0.1) is 11.8 Å². The summed E-state index contributed by atoms with van der Waals surface area (Å²) in [7, 11) is 0. The van der Waals surface area contributed by atoms with Crippen molar-refractivity contribution in [2.24, 2.45) is 11.8 Å². The highest BCUT2D eigenvalue weighted by molar-refractivity contribution is 6.05. The largest absolute Gasteiger partial charge is 0.361 e. The maximum atomic E-state index is 12.9. The molecule has 1 aromatic carbocycles. The van der Waals surface area contributed by atoms with Crippen LogP contribution in [0.3, 0.4) is 0 Å². The number of likely N-dealkylation sites (tertiary alicyclic amines) is 1. The van der Waals surface area contributed by atoms with Gasteiger partial charge in [0, 0.05) is 36.5 Å². The van der Waals surface area contributed by atoms with Crippen molar-refractivity contribution in [2.45, 2.75) is 31.5 Å². The Balaban J connectivity index is 1.32. The summed E-state index contributed by atoms with van der Waals surface area (Å²) in [4.78, 5) is 30.4. The van der Waals surface area contributed by atoms with Gasteiger partial charge in [0.05, 0.1) is 25.0 Å². The summed E-state index contributed by atoms with van der Waals surface area (Å²) in [5.74, 6) is -1.21. The molecule has 2 aromatic rings. The van der Waals surface area contributed by atoms with Crippen molar-refractivity contribution in [3.63, 3.8) is 0 Å². The van der Waals surface area contributed by atoms with Gasteiger partial charge in [-0.3, -0.25) is 14.5 Å². The lowest BCUT2D eigenvalue weighted by molar-refractivity contribution is -0.193. The van der Waals surface area contributed by atoms with E-state index in [4.69, 9.17) is 9.47 Å². The Morgan fingerprint density at radius 1 is 1.12 bits per heavy atom. The zero-order chi connectivity index (χ0) is 17.7. The van der Waals surface area contributed by atoms with Gasteiger partial charge in [-0.1, -0.05) is 18.2 Å². The number of imide groups is 1. The number of aromatic nitrogens is 1. The smallest absolute Gasteiger partial charge is 0.233 e. The van der Waals surface area contributed by atoms with Crippen LogP contribution in [0.25, 0.3) is 10.9 Å². The lowest BCUT2D eigenvalue weighted by Crippen LogP contribution is -2.41. The number of nitrogens with zero attached hydrogens (tertiary/aromatic N) is 1. The molecule has 136 valence electrons. The molecule has 2 atom stereocenters. The van der Waals surface area contributed by atoms with Crippen LogP contribution >= 0.6 is 0 Å². The molecule has 2 aliphatic heterocycles. The molecule has 0 unspecified atom stereocenters. The second-order valence-electron chi connectivity index (χ2n) is 7.50. The van der Waals surface area contributed by atoms with Crippen LogP contribution in [0.5, 0.6) is 0 Å². The van der Waals surface area contributed by atoms with Gasteiger partial charge in [-0.25, -0.2) is 0 Å². The van der Waals surface area contributed by atoms with E-state index in [1.807, 2.05) is 24.4 Å². The zero-order valence-electron chi connectivity index (χ0n) is 14.6.